The van der Waals surface area contributed by atoms with Gasteiger partial charge in [0.1, 0.15) is 0 Å². The molecule has 0 amide bonds. The lowest BCUT2D eigenvalue weighted by Crippen LogP contribution is -2.37. The monoisotopic (exact) mass is 254 g/mol. The second-order valence-electron chi connectivity index (χ2n) is 4.43. The van der Waals surface area contributed by atoms with Crippen LogP contribution in [0, 0.1) is 0 Å². The van der Waals surface area contributed by atoms with Crippen LogP contribution in [-0.4, -0.2) is 37.5 Å². The quantitative estimate of drug-likeness (QED) is 0.863. The third kappa shape index (κ3) is 3.51. The Balaban J connectivity index is 1.93. The van der Waals surface area contributed by atoms with Gasteiger partial charge in [-0.25, -0.2) is 8.42 Å². The van der Waals surface area contributed by atoms with Crippen LogP contribution in [-0.2, 0) is 16.3 Å². The summed E-state index contributed by atoms with van der Waals surface area (Å²) in [5, 5.41) is 3.03. The summed E-state index contributed by atoms with van der Waals surface area (Å²) in [5.74, 6) is 0.239. The molecule has 0 radical (unpaired) electrons. The molecule has 2 rings (SSSR count). The van der Waals surface area contributed by atoms with E-state index in [1.165, 1.54) is 0 Å². The van der Waals surface area contributed by atoms with Crippen molar-refractivity contribution >= 4 is 9.84 Å². The molecule has 0 aromatic carbocycles. The van der Waals surface area contributed by atoms with Crippen molar-refractivity contribution in [1.82, 2.24) is 10.3 Å². The molecule has 17 heavy (non-hydrogen) atoms. The van der Waals surface area contributed by atoms with Gasteiger partial charge in [-0.2, -0.15) is 0 Å². The summed E-state index contributed by atoms with van der Waals surface area (Å²) in [7, 11) is -2.95. The third-order valence-electron chi connectivity index (χ3n) is 3.19. The Morgan fingerprint density at radius 3 is 2.76 bits per heavy atom. The van der Waals surface area contributed by atoms with E-state index in [0.717, 1.165) is 31.5 Å². The highest BCUT2D eigenvalue weighted by atomic mass is 32.2. The number of nitrogens with one attached hydrogen (secondary N) is 1. The molecule has 4 nitrogen and oxygen atoms in total. The van der Waals surface area contributed by atoms with Gasteiger partial charge in [0.2, 0.25) is 0 Å². The molecule has 94 valence electrons. The maximum atomic E-state index is 12.1. The average Bonchev–Trinajstić information content (AvgIpc) is 2.39. The molecule has 5 heteroatoms. The molecule has 1 aromatic rings. The van der Waals surface area contributed by atoms with Crippen LogP contribution < -0.4 is 5.32 Å². The van der Waals surface area contributed by atoms with E-state index in [1.54, 1.807) is 12.4 Å². The lowest BCUT2D eigenvalue weighted by Gasteiger charge is -2.22. The normalized spacial score (nSPS) is 18.1. The van der Waals surface area contributed by atoms with Gasteiger partial charge < -0.3 is 5.32 Å². The Hall–Kier alpha value is -0.940. The highest BCUT2D eigenvalue weighted by molar-refractivity contribution is 7.92. The van der Waals surface area contributed by atoms with E-state index in [0.29, 0.717) is 6.42 Å². The molecule has 0 saturated carbocycles. The first-order valence-corrected chi connectivity index (χ1v) is 7.71. The van der Waals surface area contributed by atoms with Crippen molar-refractivity contribution in [3.8, 4) is 0 Å². The molecule has 2 heterocycles. The van der Waals surface area contributed by atoms with Crippen molar-refractivity contribution in [3.63, 3.8) is 0 Å². The minimum absolute atomic E-state index is 0.152. The number of pyridine rings is 1. The Bertz CT molecular complexity index is 439. The predicted octanol–water partition coefficient (Wildman–Crippen LogP) is 0.791. The number of sulfone groups is 1. The second-order valence-corrected chi connectivity index (χ2v) is 6.83. The number of rotatable bonds is 4. The van der Waals surface area contributed by atoms with Crippen LogP contribution in [0.25, 0.3) is 0 Å². The van der Waals surface area contributed by atoms with Crippen molar-refractivity contribution in [2.45, 2.75) is 24.5 Å². The van der Waals surface area contributed by atoms with E-state index in [2.05, 4.69) is 10.3 Å². The SMILES string of the molecule is O=S(=O)(CCc1cccnc1)C1CCNCC1. The van der Waals surface area contributed by atoms with Crippen LogP contribution >= 0.6 is 0 Å². The van der Waals surface area contributed by atoms with E-state index in [1.807, 2.05) is 12.1 Å². The maximum Gasteiger partial charge on any atom is 0.153 e. The lowest BCUT2D eigenvalue weighted by molar-refractivity contribution is 0.496. The molecule has 0 atom stereocenters. The van der Waals surface area contributed by atoms with Crippen LogP contribution in [0.15, 0.2) is 24.5 Å². The van der Waals surface area contributed by atoms with E-state index in [4.69, 9.17) is 0 Å². The standard InChI is InChI=1S/C12H18N2O2S/c15-17(16,12-3-7-13-8-4-12)9-5-11-2-1-6-14-10-11/h1-2,6,10,12-13H,3-5,7-9H2. The van der Waals surface area contributed by atoms with Gasteiger partial charge in [-0.15, -0.1) is 0 Å². The molecule has 1 fully saturated rings. The maximum absolute atomic E-state index is 12.1. The zero-order valence-electron chi connectivity index (χ0n) is 9.80. The van der Waals surface area contributed by atoms with Gasteiger partial charge in [-0.05, 0) is 44.0 Å². The summed E-state index contributed by atoms with van der Waals surface area (Å²) in [6.45, 7) is 1.63. The van der Waals surface area contributed by atoms with Gasteiger partial charge in [-0.1, -0.05) is 6.07 Å². The highest BCUT2D eigenvalue weighted by Crippen LogP contribution is 2.15. The van der Waals surface area contributed by atoms with Crippen molar-refractivity contribution in [3.05, 3.63) is 30.1 Å². The number of hydrogen-bond acceptors (Lipinski definition) is 4. The first-order valence-electron chi connectivity index (χ1n) is 6.00. The fourth-order valence-electron chi connectivity index (χ4n) is 2.13. The van der Waals surface area contributed by atoms with Crippen LogP contribution in [0.3, 0.4) is 0 Å². The molecule has 1 aliphatic rings. The number of piperidine rings is 1. The summed E-state index contributed by atoms with van der Waals surface area (Å²) in [5.41, 5.74) is 0.991. The van der Waals surface area contributed by atoms with E-state index in [-0.39, 0.29) is 11.0 Å². The predicted molar refractivity (Wildman–Crippen MR) is 67.6 cm³/mol. The molecule has 0 bridgehead atoms. The molecule has 1 saturated heterocycles. The van der Waals surface area contributed by atoms with E-state index < -0.39 is 9.84 Å². The van der Waals surface area contributed by atoms with Crippen molar-refractivity contribution in [2.75, 3.05) is 18.8 Å². The van der Waals surface area contributed by atoms with Gasteiger partial charge in [0.15, 0.2) is 9.84 Å². The first-order chi connectivity index (χ1) is 8.18. The molecule has 0 unspecified atom stereocenters. The van der Waals surface area contributed by atoms with Gasteiger partial charge >= 0.3 is 0 Å². The first kappa shape index (κ1) is 12.5. The number of aryl methyl sites for hydroxylation is 1. The second kappa shape index (κ2) is 5.60. The summed E-state index contributed by atoms with van der Waals surface area (Å²) < 4.78 is 24.2. The summed E-state index contributed by atoms with van der Waals surface area (Å²) >= 11 is 0. The Morgan fingerprint density at radius 1 is 1.35 bits per heavy atom. The Labute approximate surface area is 102 Å². The van der Waals surface area contributed by atoms with Crippen LogP contribution in [0.2, 0.25) is 0 Å². The molecular weight excluding hydrogens is 236 g/mol. The van der Waals surface area contributed by atoms with Gasteiger partial charge in [0.25, 0.3) is 0 Å². The molecule has 1 aromatic heterocycles. The molecule has 0 aliphatic carbocycles. The van der Waals surface area contributed by atoms with Gasteiger partial charge in [0.05, 0.1) is 11.0 Å². The summed E-state index contributed by atoms with van der Waals surface area (Å²) in [4.78, 5) is 3.99. The van der Waals surface area contributed by atoms with Crippen molar-refractivity contribution < 1.29 is 8.42 Å². The zero-order chi connectivity index (χ0) is 12.1. The van der Waals surface area contributed by atoms with Crippen molar-refractivity contribution in [1.29, 1.82) is 0 Å². The van der Waals surface area contributed by atoms with Crippen molar-refractivity contribution in [2.24, 2.45) is 0 Å². The van der Waals surface area contributed by atoms with Crippen LogP contribution in [0.5, 0.6) is 0 Å². The summed E-state index contributed by atoms with van der Waals surface area (Å²) in [6.07, 6.45) is 5.49. The Kier molecular flexibility index (Phi) is 4.12. The fourth-order valence-corrected chi connectivity index (χ4v) is 3.93. The molecule has 0 spiro atoms. The van der Waals surface area contributed by atoms with E-state index in [9.17, 15) is 8.42 Å². The lowest BCUT2D eigenvalue weighted by atomic mass is 10.2. The number of aromatic nitrogens is 1. The zero-order valence-corrected chi connectivity index (χ0v) is 10.6. The van der Waals surface area contributed by atoms with Crippen LogP contribution in [0.4, 0.5) is 0 Å². The smallest absolute Gasteiger partial charge is 0.153 e. The Morgan fingerprint density at radius 2 is 2.12 bits per heavy atom. The number of nitrogens with zero attached hydrogens (tertiary/aromatic N) is 1. The molecular formula is C12H18N2O2S. The fraction of sp³-hybridized carbons (Fsp3) is 0.583. The van der Waals surface area contributed by atoms with Crippen LogP contribution in [0.1, 0.15) is 18.4 Å². The largest absolute Gasteiger partial charge is 0.317 e. The average molecular weight is 254 g/mol. The minimum Gasteiger partial charge on any atom is -0.317 e. The van der Waals surface area contributed by atoms with Gasteiger partial charge in [-0.3, -0.25) is 4.98 Å². The molecule has 1 aliphatic heterocycles. The van der Waals surface area contributed by atoms with Gasteiger partial charge in [0, 0.05) is 12.4 Å². The summed E-state index contributed by atoms with van der Waals surface area (Å²) in [6, 6.07) is 3.76. The highest BCUT2D eigenvalue weighted by Gasteiger charge is 2.26. The van der Waals surface area contributed by atoms with E-state index >= 15 is 0 Å². The third-order valence-corrected chi connectivity index (χ3v) is 5.45. The minimum atomic E-state index is -2.95. The molecule has 1 N–H and O–H groups in total. The number of hydrogen-bond donors (Lipinski definition) is 1. The topological polar surface area (TPSA) is 59.1 Å².